The van der Waals surface area contributed by atoms with E-state index in [-0.39, 0.29) is 5.41 Å². The molecular formula is C17H26ClNO. The van der Waals surface area contributed by atoms with Gasteiger partial charge in [0.15, 0.2) is 0 Å². The van der Waals surface area contributed by atoms with Gasteiger partial charge in [-0.2, -0.15) is 0 Å². The molecule has 1 heterocycles. The maximum Gasteiger partial charge on any atom is 0.228 e. The molecule has 4 saturated carbocycles. The van der Waals surface area contributed by atoms with Crippen molar-refractivity contribution in [3.63, 3.8) is 0 Å². The molecule has 4 aliphatic carbocycles. The number of carbonyl (C=O) groups is 1. The lowest BCUT2D eigenvalue weighted by atomic mass is 9.44. The fourth-order valence-corrected chi connectivity index (χ4v) is 6.70. The third kappa shape index (κ3) is 1.94. The van der Waals surface area contributed by atoms with E-state index in [1.807, 2.05) is 0 Å². The number of likely N-dealkylation sites (tertiary alicyclic amines) is 1. The van der Waals surface area contributed by atoms with Gasteiger partial charge in [-0.05, 0) is 68.1 Å². The first kappa shape index (κ1) is 13.4. The van der Waals surface area contributed by atoms with Crippen LogP contribution in [-0.2, 0) is 4.79 Å². The molecular weight excluding hydrogens is 270 g/mol. The summed E-state index contributed by atoms with van der Waals surface area (Å²) in [5, 5.41) is 0. The van der Waals surface area contributed by atoms with Crippen molar-refractivity contribution in [1.29, 1.82) is 0 Å². The molecule has 1 aliphatic heterocycles. The Kier molecular flexibility index (Phi) is 2.94. The van der Waals surface area contributed by atoms with E-state index in [0.29, 0.717) is 23.1 Å². The van der Waals surface area contributed by atoms with E-state index in [0.717, 1.165) is 37.8 Å². The molecule has 20 heavy (non-hydrogen) atoms. The number of rotatable bonds is 2. The second-order valence-electron chi connectivity index (χ2n) is 8.61. The molecule has 0 aromatic heterocycles. The van der Waals surface area contributed by atoms with E-state index in [9.17, 15) is 4.79 Å². The lowest BCUT2D eigenvalue weighted by molar-refractivity contribution is -0.165. The van der Waals surface area contributed by atoms with Gasteiger partial charge in [0.2, 0.25) is 5.91 Å². The van der Waals surface area contributed by atoms with Crippen molar-refractivity contribution in [3.8, 4) is 0 Å². The summed E-state index contributed by atoms with van der Waals surface area (Å²) in [6.07, 6.45) is 8.78. The number of hydrogen-bond donors (Lipinski definition) is 0. The Bertz CT molecular complexity index is 421. The number of nitrogens with zero attached hydrogens (tertiary/aromatic N) is 1. The summed E-state index contributed by atoms with van der Waals surface area (Å²) in [4.78, 5) is 15.3. The zero-order chi connectivity index (χ0) is 14.0. The third-order valence-electron chi connectivity index (χ3n) is 6.60. The smallest absolute Gasteiger partial charge is 0.228 e. The first-order valence-corrected chi connectivity index (χ1v) is 8.91. The van der Waals surface area contributed by atoms with Crippen molar-refractivity contribution in [2.75, 3.05) is 19.0 Å². The topological polar surface area (TPSA) is 20.3 Å². The number of carbonyl (C=O) groups excluding carboxylic acids is 1. The highest BCUT2D eigenvalue weighted by Crippen LogP contribution is 2.65. The van der Waals surface area contributed by atoms with Crippen molar-refractivity contribution in [2.45, 2.75) is 51.9 Å². The van der Waals surface area contributed by atoms with Crippen LogP contribution >= 0.6 is 11.6 Å². The first-order chi connectivity index (χ1) is 9.52. The average Bonchev–Trinajstić information content (AvgIpc) is 2.83. The minimum absolute atomic E-state index is 0.0139. The average molecular weight is 296 g/mol. The van der Waals surface area contributed by atoms with Crippen LogP contribution in [0.15, 0.2) is 0 Å². The molecule has 5 fully saturated rings. The minimum Gasteiger partial charge on any atom is -0.342 e. The predicted octanol–water partition coefficient (Wildman–Crippen LogP) is 3.68. The highest BCUT2D eigenvalue weighted by atomic mass is 35.5. The summed E-state index contributed by atoms with van der Waals surface area (Å²) in [5.74, 6) is 3.39. The lowest BCUT2D eigenvalue weighted by Gasteiger charge is -2.61. The SMILES string of the molecule is CC12CC3CC(C1)CC(C(=O)N1CCC(CCl)C1)(C3)C2. The monoisotopic (exact) mass is 295 g/mol. The molecule has 0 N–H and O–H groups in total. The van der Waals surface area contributed by atoms with Crippen molar-refractivity contribution in [3.05, 3.63) is 0 Å². The Labute approximate surface area is 127 Å². The highest BCUT2D eigenvalue weighted by Gasteiger charge is 2.59. The minimum atomic E-state index is 0.0139. The van der Waals surface area contributed by atoms with E-state index in [1.165, 1.54) is 32.1 Å². The van der Waals surface area contributed by atoms with Crippen LogP contribution in [0.3, 0.4) is 0 Å². The van der Waals surface area contributed by atoms with Gasteiger partial charge in [0.05, 0.1) is 5.41 Å². The summed E-state index contributed by atoms with van der Waals surface area (Å²) in [6, 6.07) is 0. The van der Waals surface area contributed by atoms with Gasteiger partial charge in [0, 0.05) is 19.0 Å². The molecule has 112 valence electrons. The van der Waals surface area contributed by atoms with Crippen molar-refractivity contribution in [2.24, 2.45) is 28.6 Å². The van der Waals surface area contributed by atoms with Crippen molar-refractivity contribution >= 4 is 17.5 Å². The molecule has 5 aliphatic rings. The van der Waals surface area contributed by atoms with Crippen molar-refractivity contribution in [1.82, 2.24) is 4.90 Å². The number of amides is 1. The Hall–Kier alpha value is -0.240. The van der Waals surface area contributed by atoms with Crippen molar-refractivity contribution < 1.29 is 4.79 Å². The van der Waals surface area contributed by atoms with Gasteiger partial charge in [0.1, 0.15) is 0 Å². The molecule has 4 bridgehead atoms. The van der Waals surface area contributed by atoms with Gasteiger partial charge in [0.25, 0.3) is 0 Å². The van der Waals surface area contributed by atoms with Gasteiger partial charge in [-0.25, -0.2) is 0 Å². The Morgan fingerprint density at radius 2 is 1.95 bits per heavy atom. The fourth-order valence-electron chi connectivity index (χ4n) is 6.45. The zero-order valence-electron chi connectivity index (χ0n) is 12.5. The van der Waals surface area contributed by atoms with E-state index in [2.05, 4.69) is 11.8 Å². The fraction of sp³-hybridized carbons (Fsp3) is 0.941. The maximum absolute atomic E-state index is 13.2. The van der Waals surface area contributed by atoms with Gasteiger partial charge >= 0.3 is 0 Å². The Balaban J connectivity index is 1.57. The molecule has 1 amide bonds. The number of hydrogen-bond acceptors (Lipinski definition) is 1. The van der Waals surface area contributed by atoms with Crippen LogP contribution < -0.4 is 0 Å². The van der Waals surface area contributed by atoms with E-state index in [1.54, 1.807) is 0 Å². The quantitative estimate of drug-likeness (QED) is 0.712. The van der Waals surface area contributed by atoms with Gasteiger partial charge in [-0.3, -0.25) is 4.79 Å². The van der Waals surface area contributed by atoms with Crippen LogP contribution in [0.5, 0.6) is 0 Å². The van der Waals surface area contributed by atoms with Crippen LogP contribution in [0.25, 0.3) is 0 Å². The standard InChI is InChI=1S/C17H26ClNO/c1-16-5-13-4-14(6-16)8-17(7-13,11-16)15(20)19-3-2-12(9-18)10-19/h12-14H,2-11H2,1H3. The summed E-state index contributed by atoms with van der Waals surface area (Å²) < 4.78 is 0. The molecule has 0 spiro atoms. The van der Waals surface area contributed by atoms with Crippen LogP contribution in [-0.4, -0.2) is 29.8 Å². The van der Waals surface area contributed by atoms with Crippen LogP contribution in [0.4, 0.5) is 0 Å². The van der Waals surface area contributed by atoms with Crippen LogP contribution in [0.1, 0.15) is 51.9 Å². The van der Waals surface area contributed by atoms with E-state index < -0.39 is 0 Å². The summed E-state index contributed by atoms with van der Waals surface area (Å²) >= 11 is 5.98. The highest BCUT2D eigenvalue weighted by molar-refractivity contribution is 6.18. The maximum atomic E-state index is 13.2. The van der Waals surface area contributed by atoms with Crippen LogP contribution in [0.2, 0.25) is 0 Å². The van der Waals surface area contributed by atoms with E-state index >= 15 is 0 Å². The third-order valence-corrected chi connectivity index (χ3v) is 7.03. The number of alkyl halides is 1. The van der Waals surface area contributed by atoms with E-state index in [4.69, 9.17) is 11.6 Å². The zero-order valence-corrected chi connectivity index (χ0v) is 13.3. The molecule has 3 unspecified atom stereocenters. The van der Waals surface area contributed by atoms with Gasteiger partial charge in [-0.15, -0.1) is 11.6 Å². The summed E-state index contributed by atoms with van der Waals surface area (Å²) in [7, 11) is 0. The van der Waals surface area contributed by atoms with Gasteiger partial charge < -0.3 is 4.90 Å². The largest absolute Gasteiger partial charge is 0.342 e. The molecule has 0 radical (unpaired) electrons. The van der Waals surface area contributed by atoms with Crippen LogP contribution in [0, 0.1) is 28.6 Å². The molecule has 5 rings (SSSR count). The Morgan fingerprint density at radius 1 is 1.25 bits per heavy atom. The molecule has 0 aromatic rings. The lowest BCUT2D eigenvalue weighted by Crippen LogP contribution is -2.57. The molecule has 3 atom stereocenters. The predicted molar refractivity (Wildman–Crippen MR) is 80.6 cm³/mol. The first-order valence-electron chi connectivity index (χ1n) is 8.37. The second-order valence-corrected chi connectivity index (χ2v) is 8.92. The second kappa shape index (κ2) is 4.38. The molecule has 3 heteroatoms. The summed E-state index contributed by atoms with van der Waals surface area (Å²) in [5.41, 5.74) is 0.478. The molecule has 2 nitrogen and oxygen atoms in total. The Morgan fingerprint density at radius 3 is 2.50 bits per heavy atom. The molecule has 0 aromatic carbocycles. The van der Waals surface area contributed by atoms with Gasteiger partial charge in [-0.1, -0.05) is 6.92 Å². The summed E-state index contributed by atoms with van der Waals surface area (Å²) in [6.45, 7) is 4.30. The normalized spacial score (nSPS) is 49.9. The molecule has 1 saturated heterocycles. The number of halogens is 1.